The quantitative estimate of drug-likeness (QED) is 0.515. The second-order valence-corrected chi connectivity index (χ2v) is 11.5. The van der Waals surface area contributed by atoms with Crippen LogP contribution in [0.1, 0.15) is 35.8 Å². The lowest BCUT2D eigenvalue weighted by atomic mass is 9.97. The van der Waals surface area contributed by atoms with Crippen molar-refractivity contribution < 1.29 is 28.2 Å². The number of nitrogens with zero attached hydrogens (tertiary/aromatic N) is 3. The molecule has 2 aromatic rings. The lowest BCUT2D eigenvalue weighted by Crippen LogP contribution is -2.56. The van der Waals surface area contributed by atoms with Gasteiger partial charge in [-0.05, 0) is 43.0 Å². The number of piperidine rings is 1. The molecule has 0 amide bonds. The average molecular weight is 544 g/mol. The molecule has 2 N–H and O–H groups in total. The number of benzene rings is 1. The van der Waals surface area contributed by atoms with Crippen LogP contribution in [0.4, 0.5) is 5.82 Å². The summed E-state index contributed by atoms with van der Waals surface area (Å²) in [6.07, 6.45) is 0.403. The number of pyridine rings is 1. The van der Waals surface area contributed by atoms with Crippen LogP contribution in [0.25, 0.3) is 0 Å². The Kier molecular flexibility index (Phi) is 7.89. The SMILES string of the molecule is C[C@H]1CC[C@H](CO)N(S(=O)(=O)N2C[C@H](CO)Oc3ccc(CC(=O)c4c(Cl)cccc4Cl)nc32)C1. The van der Waals surface area contributed by atoms with Gasteiger partial charge in [0.1, 0.15) is 6.10 Å². The Labute approximate surface area is 214 Å². The summed E-state index contributed by atoms with van der Waals surface area (Å²) in [4.78, 5) is 17.4. The van der Waals surface area contributed by atoms with E-state index >= 15 is 0 Å². The third-order valence-corrected chi connectivity index (χ3v) is 8.81. The molecule has 190 valence electrons. The summed E-state index contributed by atoms with van der Waals surface area (Å²) < 4.78 is 35.7. The molecule has 1 saturated heterocycles. The number of carbonyl (C=O) groups excluding carboxylic acids is 1. The van der Waals surface area contributed by atoms with Crippen LogP contribution in [0.3, 0.4) is 0 Å². The van der Waals surface area contributed by atoms with Crippen molar-refractivity contribution in [1.29, 1.82) is 0 Å². The third kappa shape index (κ3) is 5.28. The van der Waals surface area contributed by atoms with E-state index in [1.165, 1.54) is 10.4 Å². The molecule has 3 heterocycles. The van der Waals surface area contributed by atoms with E-state index < -0.39 is 29.0 Å². The third-order valence-electron chi connectivity index (χ3n) is 6.26. The number of carbonyl (C=O) groups is 1. The van der Waals surface area contributed by atoms with Crippen molar-refractivity contribution in [2.75, 3.05) is 30.6 Å². The monoisotopic (exact) mass is 543 g/mol. The molecule has 0 bridgehead atoms. The van der Waals surface area contributed by atoms with Gasteiger partial charge >= 0.3 is 10.2 Å². The number of fused-ring (bicyclic) bond motifs is 1. The van der Waals surface area contributed by atoms with Crippen LogP contribution in [0, 0.1) is 5.92 Å². The molecule has 0 radical (unpaired) electrons. The van der Waals surface area contributed by atoms with Crippen LogP contribution < -0.4 is 9.04 Å². The van der Waals surface area contributed by atoms with Crippen molar-refractivity contribution in [3.05, 3.63) is 51.6 Å². The van der Waals surface area contributed by atoms with E-state index in [2.05, 4.69) is 4.98 Å². The summed E-state index contributed by atoms with van der Waals surface area (Å²) in [6, 6.07) is 7.31. The number of halogens is 2. The number of hydrogen-bond donors (Lipinski definition) is 2. The van der Waals surface area contributed by atoms with E-state index in [0.29, 0.717) is 12.1 Å². The number of ether oxygens (including phenoxy) is 1. The van der Waals surface area contributed by atoms with Crippen LogP contribution in [-0.2, 0) is 16.6 Å². The van der Waals surface area contributed by atoms with Gasteiger partial charge in [-0.3, -0.25) is 4.79 Å². The summed E-state index contributed by atoms with van der Waals surface area (Å²) in [5.74, 6) is -0.0340. The Morgan fingerprint density at radius 2 is 1.83 bits per heavy atom. The minimum absolute atomic E-state index is 0.0279. The van der Waals surface area contributed by atoms with Gasteiger partial charge in [0.2, 0.25) is 0 Å². The summed E-state index contributed by atoms with van der Waals surface area (Å²) >= 11 is 12.3. The van der Waals surface area contributed by atoms with E-state index in [-0.39, 0.29) is 65.0 Å². The first kappa shape index (κ1) is 26.1. The summed E-state index contributed by atoms with van der Waals surface area (Å²) in [5, 5.41) is 20.0. The molecule has 9 nitrogen and oxygen atoms in total. The number of anilines is 1. The maximum Gasteiger partial charge on any atom is 0.305 e. The molecular formula is C23H27Cl2N3O6S. The molecular weight excluding hydrogens is 517 g/mol. The number of Topliss-reactive ketones (excluding diaryl/α,β-unsaturated/α-hetero) is 1. The predicted octanol–water partition coefficient (Wildman–Crippen LogP) is 2.71. The highest BCUT2D eigenvalue weighted by atomic mass is 35.5. The first-order valence-electron chi connectivity index (χ1n) is 11.3. The highest BCUT2D eigenvalue weighted by molar-refractivity contribution is 7.90. The molecule has 3 atom stereocenters. The van der Waals surface area contributed by atoms with E-state index in [1.807, 2.05) is 6.92 Å². The topological polar surface area (TPSA) is 120 Å². The van der Waals surface area contributed by atoms with Crippen molar-refractivity contribution >= 4 is 45.0 Å². The van der Waals surface area contributed by atoms with Crippen LogP contribution in [0.5, 0.6) is 5.75 Å². The van der Waals surface area contributed by atoms with Gasteiger partial charge < -0.3 is 14.9 Å². The van der Waals surface area contributed by atoms with Crippen molar-refractivity contribution in [2.45, 2.75) is 38.3 Å². The minimum atomic E-state index is -4.12. The van der Waals surface area contributed by atoms with E-state index in [1.54, 1.807) is 24.3 Å². The first-order valence-corrected chi connectivity index (χ1v) is 13.5. The average Bonchev–Trinajstić information content (AvgIpc) is 2.83. The maximum absolute atomic E-state index is 13.8. The molecule has 1 fully saturated rings. The largest absolute Gasteiger partial charge is 0.482 e. The fourth-order valence-corrected chi connectivity index (χ4v) is 6.96. The lowest BCUT2D eigenvalue weighted by Gasteiger charge is -2.42. The van der Waals surface area contributed by atoms with Crippen molar-refractivity contribution in [3.63, 3.8) is 0 Å². The van der Waals surface area contributed by atoms with Gasteiger partial charge in [0.25, 0.3) is 0 Å². The normalized spacial score (nSPS) is 23.0. The Hall–Kier alpha value is -1.95. The number of rotatable bonds is 7. The van der Waals surface area contributed by atoms with Gasteiger partial charge in [0, 0.05) is 12.6 Å². The fourth-order valence-electron chi connectivity index (χ4n) is 4.41. The zero-order valence-corrected chi connectivity index (χ0v) is 21.4. The molecule has 0 unspecified atom stereocenters. The first-order chi connectivity index (χ1) is 16.6. The predicted molar refractivity (Wildman–Crippen MR) is 132 cm³/mol. The number of aliphatic hydroxyl groups is 2. The lowest BCUT2D eigenvalue weighted by molar-refractivity contribution is 0.0991. The van der Waals surface area contributed by atoms with E-state index in [0.717, 1.165) is 10.7 Å². The number of aliphatic hydroxyl groups excluding tert-OH is 2. The van der Waals surface area contributed by atoms with Gasteiger partial charge in [0.15, 0.2) is 17.4 Å². The molecule has 12 heteroatoms. The Morgan fingerprint density at radius 3 is 2.49 bits per heavy atom. The Morgan fingerprint density at radius 1 is 1.11 bits per heavy atom. The van der Waals surface area contributed by atoms with Crippen LogP contribution >= 0.6 is 23.2 Å². The number of aromatic nitrogens is 1. The Balaban J connectivity index is 1.70. The minimum Gasteiger partial charge on any atom is -0.482 e. The second-order valence-electron chi connectivity index (χ2n) is 8.87. The molecule has 0 saturated carbocycles. The van der Waals surface area contributed by atoms with Crippen LogP contribution in [0.15, 0.2) is 30.3 Å². The number of hydrogen-bond acceptors (Lipinski definition) is 7. The van der Waals surface area contributed by atoms with E-state index in [9.17, 15) is 23.4 Å². The highest BCUT2D eigenvalue weighted by Crippen LogP contribution is 2.37. The molecule has 1 aromatic heterocycles. The zero-order chi connectivity index (χ0) is 25.3. The molecule has 0 spiro atoms. The van der Waals surface area contributed by atoms with Crippen LogP contribution in [-0.4, -0.2) is 72.2 Å². The highest BCUT2D eigenvalue weighted by Gasteiger charge is 2.42. The maximum atomic E-state index is 13.8. The zero-order valence-electron chi connectivity index (χ0n) is 19.1. The Bertz CT molecular complexity index is 1190. The van der Waals surface area contributed by atoms with Crippen LogP contribution in [0.2, 0.25) is 10.0 Å². The number of ketones is 1. The molecule has 1 aromatic carbocycles. The summed E-state index contributed by atoms with van der Waals surface area (Å²) in [5.41, 5.74) is 0.478. The fraction of sp³-hybridized carbons (Fsp3) is 0.478. The van der Waals surface area contributed by atoms with Gasteiger partial charge in [-0.1, -0.05) is 36.2 Å². The standard InChI is InChI=1S/C23H27Cl2N3O6S/c1-14-5-7-16(12-29)27(10-14)35(32,33)28-11-17(13-30)34-21-8-6-15(26-23(21)28)9-20(31)22-18(24)3-2-4-19(22)25/h2-4,6,8,14,16-17,29-30H,5,7,9-13H2,1H3/t14-,16+,17+/m0/s1. The summed E-state index contributed by atoms with van der Waals surface area (Å²) in [6.45, 7) is 1.37. The summed E-state index contributed by atoms with van der Waals surface area (Å²) in [7, 11) is -4.12. The molecule has 2 aliphatic heterocycles. The smallest absolute Gasteiger partial charge is 0.305 e. The van der Waals surface area contributed by atoms with Crippen molar-refractivity contribution in [1.82, 2.24) is 9.29 Å². The molecule has 35 heavy (non-hydrogen) atoms. The van der Waals surface area contributed by atoms with Crippen molar-refractivity contribution in [3.8, 4) is 5.75 Å². The second kappa shape index (κ2) is 10.6. The molecule has 4 rings (SSSR count). The van der Waals surface area contributed by atoms with Gasteiger partial charge in [-0.25, -0.2) is 9.29 Å². The molecule has 0 aliphatic carbocycles. The van der Waals surface area contributed by atoms with Crippen molar-refractivity contribution in [2.24, 2.45) is 5.92 Å². The van der Waals surface area contributed by atoms with Gasteiger partial charge in [-0.2, -0.15) is 12.7 Å². The van der Waals surface area contributed by atoms with E-state index in [4.69, 9.17) is 27.9 Å². The van der Waals surface area contributed by atoms with Gasteiger partial charge in [0.05, 0.1) is 47.5 Å². The van der Waals surface area contributed by atoms with Gasteiger partial charge in [-0.15, -0.1) is 0 Å². The molecule has 2 aliphatic rings.